The summed E-state index contributed by atoms with van der Waals surface area (Å²) in [5.74, 6) is 0.185. The number of rotatable bonds is 4. The van der Waals surface area contributed by atoms with Crippen molar-refractivity contribution in [2.75, 3.05) is 13.1 Å². The van der Waals surface area contributed by atoms with Crippen molar-refractivity contribution in [3.8, 4) is 5.75 Å². The van der Waals surface area contributed by atoms with Crippen LogP contribution in [0.15, 0.2) is 12.1 Å². The summed E-state index contributed by atoms with van der Waals surface area (Å²) in [5.41, 5.74) is 0.929. The lowest BCUT2D eigenvalue weighted by Crippen LogP contribution is -2.50. The molecule has 1 aliphatic rings. The standard InChI is InChI=1S/C20H34N2O4Si/c1-19(2,3)26-18(24)22-11-14(12-22)17-16(23)10-9-15(21-17)13-25-27(7,8)20(4,5)6/h9-10,14,23H,11-13H2,1-8H3. The number of carbonyl (C=O) groups excluding carboxylic acids is 1. The van der Waals surface area contributed by atoms with Gasteiger partial charge in [0.2, 0.25) is 0 Å². The largest absolute Gasteiger partial charge is 0.506 e. The van der Waals surface area contributed by atoms with E-state index in [1.807, 2.05) is 20.8 Å². The minimum absolute atomic E-state index is 0.0188. The molecule has 1 aliphatic heterocycles. The maximum Gasteiger partial charge on any atom is 0.410 e. The second-order valence-corrected chi connectivity index (χ2v) is 14.6. The Morgan fingerprint density at radius 1 is 1.22 bits per heavy atom. The zero-order valence-electron chi connectivity index (χ0n) is 17.9. The van der Waals surface area contributed by atoms with E-state index in [4.69, 9.17) is 9.16 Å². The SMILES string of the molecule is CC(C)(C)OC(=O)N1CC(c2nc(CO[Si](C)(C)C(C)(C)C)ccc2O)C1. The minimum atomic E-state index is -1.86. The van der Waals surface area contributed by atoms with E-state index in [1.54, 1.807) is 17.0 Å². The number of hydrogen-bond donors (Lipinski definition) is 1. The number of amides is 1. The Bertz CT molecular complexity index is 686. The molecule has 152 valence electrons. The zero-order valence-corrected chi connectivity index (χ0v) is 18.9. The molecule has 0 aliphatic carbocycles. The van der Waals surface area contributed by atoms with Crippen molar-refractivity contribution >= 4 is 14.4 Å². The second-order valence-electron chi connectivity index (χ2n) is 9.84. The summed E-state index contributed by atoms with van der Waals surface area (Å²) >= 11 is 0. The van der Waals surface area contributed by atoms with Gasteiger partial charge in [0.05, 0.1) is 18.0 Å². The molecule has 1 N–H and O–H groups in total. The minimum Gasteiger partial charge on any atom is -0.506 e. The van der Waals surface area contributed by atoms with Gasteiger partial charge in [0.15, 0.2) is 8.32 Å². The fourth-order valence-electron chi connectivity index (χ4n) is 2.49. The van der Waals surface area contributed by atoms with E-state index in [0.29, 0.717) is 25.4 Å². The Morgan fingerprint density at radius 2 is 1.81 bits per heavy atom. The smallest absolute Gasteiger partial charge is 0.410 e. The van der Waals surface area contributed by atoms with Gasteiger partial charge in [-0.3, -0.25) is 4.98 Å². The summed E-state index contributed by atoms with van der Waals surface area (Å²) in [7, 11) is -1.86. The quantitative estimate of drug-likeness (QED) is 0.753. The van der Waals surface area contributed by atoms with Crippen molar-refractivity contribution < 1.29 is 19.1 Å². The average molecular weight is 395 g/mol. The Kier molecular flexibility index (Phi) is 5.97. The molecule has 0 bridgehead atoms. The first-order valence-electron chi connectivity index (χ1n) is 9.50. The van der Waals surface area contributed by atoms with Crippen LogP contribution in [-0.4, -0.2) is 48.1 Å². The molecular formula is C20H34N2O4Si. The molecule has 1 aromatic heterocycles. The summed E-state index contributed by atoms with van der Waals surface area (Å²) in [6, 6.07) is 3.47. The number of hydrogen-bond acceptors (Lipinski definition) is 5. The molecule has 2 rings (SSSR count). The number of aromatic nitrogens is 1. The monoisotopic (exact) mass is 394 g/mol. The van der Waals surface area contributed by atoms with Crippen LogP contribution in [0.25, 0.3) is 0 Å². The van der Waals surface area contributed by atoms with Crippen LogP contribution in [-0.2, 0) is 15.8 Å². The van der Waals surface area contributed by atoms with Crippen molar-refractivity contribution in [3.63, 3.8) is 0 Å². The van der Waals surface area contributed by atoms with E-state index >= 15 is 0 Å². The van der Waals surface area contributed by atoms with Gasteiger partial charge < -0.3 is 19.2 Å². The molecular weight excluding hydrogens is 360 g/mol. The fourth-order valence-corrected chi connectivity index (χ4v) is 3.43. The van der Waals surface area contributed by atoms with Gasteiger partial charge in [-0.2, -0.15) is 0 Å². The van der Waals surface area contributed by atoms with Gasteiger partial charge in [0.25, 0.3) is 0 Å². The molecule has 0 spiro atoms. The van der Waals surface area contributed by atoms with Crippen LogP contribution >= 0.6 is 0 Å². The van der Waals surface area contributed by atoms with Crippen molar-refractivity contribution in [1.29, 1.82) is 0 Å². The average Bonchev–Trinajstić information content (AvgIpc) is 2.43. The number of carbonyl (C=O) groups is 1. The van der Waals surface area contributed by atoms with E-state index in [9.17, 15) is 9.90 Å². The van der Waals surface area contributed by atoms with Crippen molar-refractivity contribution in [1.82, 2.24) is 9.88 Å². The zero-order chi connectivity index (χ0) is 20.6. The summed E-state index contributed by atoms with van der Waals surface area (Å²) in [6.07, 6.45) is -0.323. The van der Waals surface area contributed by atoms with Crippen LogP contribution in [0.4, 0.5) is 4.79 Å². The number of nitrogens with zero attached hydrogens (tertiary/aromatic N) is 2. The van der Waals surface area contributed by atoms with Crippen LogP contribution in [0, 0.1) is 0 Å². The fraction of sp³-hybridized carbons (Fsp3) is 0.700. The van der Waals surface area contributed by atoms with E-state index in [-0.39, 0.29) is 22.8 Å². The van der Waals surface area contributed by atoms with Gasteiger partial charge in [0.1, 0.15) is 11.4 Å². The molecule has 7 heteroatoms. The molecule has 0 unspecified atom stereocenters. The highest BCUT2D eigenvalue weighted by molar-refractivity contribution is 6.74. The van der Waals surface area contributed by atoms with Gasteiger partial charge in [-0.1, -0.05) is 20.8 Å². The number of pyridine rings is 1. The first kappa shape index (κ1) is 21.7. The summed E-state index contributed by atoms with van der Waals surface area (Å²) < 4.78 is 11.6. The van der Waals surface area contributed by atoms with E-state index < -0.39 is 13.9 Å². The topological polar surface area (TPSA) is 71.9 Å². The van der Waals surface area contributed by atoms with E-state index in [1.165, 1.54) is 0 Å². The van der Waals surface area contributed by atoms with Gasteiger partial charge in [-0.05, 0) is 51.0 Å². The van der Waals surface area contributed by atoms with Crippen LogP contribution in [0.2, 0.25) is 18.1 Å². The van der Waals surface area contributed by atoms with Crippen LogP contribution in [0.5, 0.6) is 5.75 Å². The summed E-state index contributed by atoms with van der Waals surface area (Å²) in [5, 5.41) is 10.3. The predicted molar refractivity (Wildman–Crippen MR) is 108 cm³/mol. The maximum atomic E-state index is 12.1. The Hall–Kier alpha value is -1.60. The van der Waals surface area contributed by atoms with E-state index in [0.717, 1.165) is 5.69 Å². The lowest BCUT2D eigenvalue weighted by atomic mass is 9.95. The molecule has 0 atom stereocenters. The molecule has 0 aromatic carbocycles. The Morgan fingerprint density at radius 3 is 2.33 bits per heavy atom. The first-order chi connectivity index (χ1) is 12.2. The third-order valence-electron chi connectivity index (χ3n) is 5.27. The molecule has 6 nitrogen and oxygen atoms in total. The normalized spacial score (nSPS) is 16.2. The number of aromatic hydroxyl groups is 1. The second kappa shape index (κ2) is 7.43. The summed E-state index contributed by atoms with van der Waals surface area (Å²) in [4.78, 5) is 18.3. The molecule has 1 saturated heterocycles. The first-order valence-corrected chi connectivity index (χ1v) is 12.4. The number of likely N-dealkylation sites (tertiary alicyclic amines) is 1. The predicted octanol–water partition coefficient (Wildman–Crippen LogP) is 4.64. The van der Waals surface area contributed by atoms with Crippen LogP contribution in [0.1, 0.15) is 58.8 Å². The lowest BCUT2D eigenvalue weighted by molar-refractivity contribution is 0.00762. The highest BCUT2D eigenvalue weighted by Gasteiger charge is 2.38. The molecule has 1 fully saturated rings. The van der Waals surface area contributed by atoms with Crippen LogP contribution < -0.4 is 0 Å². The van der Waals surface area contributed by atoms with Gasteiger partial charge in [0, 0.05) is 19.0 Å². The Labute approximate surface area is 164 Å². The molecule has 0 radical (unpaired) electrons. The molecule has 0 saturated carbocycles. The third kappa shape index (κ3) is 5.45. The third-order valence-corrected chi connectivity index (χ3v) is 9.75. The summed E-state index contributed by atoms with van der Waals surface area (Å²) in [6.45, 7) is 18.0. The highest BCUT2D eigenvalue weighted by Crippen LogP contribution is 2.37. The molecule has 2 heterocycles. The van der Waals surface area contributed by atoms with Gasteiger partial charge >= 0.3 is 6.09 Å². The highest BCUT2D eigenvalue weighted by atomic mass is 28.4. The number of ether oxygens (including phenoxy) is 1. The van der Waals surface area contributed by atoms with E-state index in [2.05, 4.69) is 38.8 Å². The van der Waals surface area contributed by atoms with Crippen molar-refractivity contribution in [2.24, 2.45) is 0 Å². The maximum absolute atomic E-state index is 12.1. The molecule has 27 heavy (non-hydrogen) atoms. The van der Waals surface area contributed by atoms with Crippen molar-refractivity contribution in [3.05, 3.63) is 23.5 Å². The lowest BCUT2D eigenvalue weighted by Gasteiger charge is -2.39. The Balaban J connectivity index is 2.00. The van der Waals surface area contributed by atoms with Gasteiger partial charge in [-0.25, -0.2) is 4.79 Å². The van der Waals surface area contributed by atoms with Gasteiger partial charge in [-0.15, -0.1) is 0 Å². The van der Waals surface area contributed by atoms with Crippen molar-refractivity contribution in [2.45, 2.75) is 77.8 Å². The molecule has 1 amide bonds. The molecule has 1 aromatic rings. The van der Waals surface area contributed by atoms with Crippen LogP contribution in [0.3, 0.4) is 0 Å².